The zero-order valence-electron chi connectivity index (χ0n) is 17.3. The number of nitrogens with one attached hydrogen (secondary N) is 1. The summed E-state index contributed by atoms with van der Waals surface area (Å²) < 4.78 is 10.7. The van der Waals surface area contributed by atoms with E-state index < -0.39 is 0 Å². The largest absolute Gasteiger partial charge is 0.454 e. The second-order valence-electron chi connectivity index (χ2n) is 7.72. The summed E-state index contributed by atoms with van der Waals surface area (Å²) in [5.41, 5.74) is 2.33. The third kappa shape index (κ3) is 5.37. The molecule has 2 aliphatic rings. The summed E-state index contributed by atoms with van der Waals surface area (Å²) in [6, 6.07) is 14.3. The van der Waals surface area contributed by atoms with Gasteiger partial charge in [-0.15, -0.1) is 11.8 Å². The van der Waals surface area contributed by atoms with Crippen LogP contribution in [-0.4, -0.2) is 43.5 Å². The summed E-state index contributed by atoms with van der Waals surface area (Å²) in [7, 11) is 0. The SMILES string of the molecule is CSc1ccccc1CN1CCC(CNC(=O)C=Cc2ccc3c(c2)OCO3)CC1. The Balaban J connectivity index is 1.19. The number of piperidine rings is 1. The molecule has 2 aromatic rings. The first-order valence-corrected chi connectivity index (χ1v) is 11.6. The van der Waals surface area contributed by atoms with E-state index in [2.05, 4.69) is 40.7 Å². The van der Waals surface area contributed by atoms with Gasteiger partial charge in [0, 0.05) is 24.1 Å². The van der Waals surface area contributed by atoms with Gasteiger partial charge in [-0.25, -0.2) is 0 Å². The lowest BCUT2D eigenvalue weighted by molar-refractivity contribution is -0.116. The predicted molar refractivity (Wildman–Crippen MR) is 121 cm³/mol. The van der Waals surface area contributed by atoms with Crippen LogP contribution in [-0.2, 0) is 11.3 Å². The number of benzene rings is 2. The van der Waals surface area contributed by atoms with Crippen molar-refractivity contribution in [2.24, 2.45) is 5.92 Å². The van der Waals surface area contributed by atoms with E-state index in [1.165, 1.54) is 10.5 Å². The first-order valence-electron chi connectivity index (χ1n) is 10.4. The molecule has 0 bridgehead atoms. The maximum absolute atomic E-state index is 12.2. The standard InChI is InChI=1S/C24H28N2O3S/c1-30-23-5-3-2-4-20(23)16-26-12-10-19(11-13-26)15-25-24(27)9-7-18-6-8-21-22(14-18)29-17-28-21/h2-9,14,19H,10-13,15-17H2,1H3,(H,25,27). The Bertz CT molecular complexity index is 907. The van der Waals surface area contributed by atoms with Gasteiger partial charge in [0.1, 0.15) is 0 Å². The Hall–Kier alpha value is -2.44. The van der Waals surface area contributed by atoms with Crippen LogP contribution in [0.3, 0.4) is 0 Å². The normalized spacial score (nSPS) is 16.8. The van der Waals surface area contributed by atoms with Crippen LogP contribution in [0.25, 0.3) is 6.08 Å². The molecule has 2 aliphatic heterocycles. The van der Waals surface area contributed by atoms with Crippen LogP contribution >= 0.6 is 11.8 Å². The number of hydrogen-bond acceptors (Lipinski definition) is 5. The Morgan fingerprint density at radius 2 is 1.97 bits per heavy atom. The van der Waals surface area contributed by atoms with Crippen molar-refractivity contribution < 1.29 is 14.3 Å². The summed E-state index contributed by atoms with van der Waals surface area (Å²) in [5.74, 6) is 1.97. The van der Waals surface area contributed by atoms with Crippen molar-refractivity contribution >= 4 is 23.7 Å². The van der Waals surface area contributed by atoms with Gasteiger partial charge < -0.3 is 14.8 Å². The van der Waals surface area contributed by atoms with Crippen molar-refractivity contribution in [2.75, 3.05) is 32.7 Å². The summed E-state index contributed by atoms with van der Waals surface area (Å²) in [4.78, 5) is 16.1. The number of likely N-dealkylation sites (tertiary alicyclic amines) is 1. The lowest BCUT2D eigenvalue weighted by Crippen LogP contribution is -2.38. The van der Waals surface area contributed by atoms with Crippen LogP contribution in [0.4, 0.5) is 0 Å². The van der Waals surface area contributed by atoms with Crippen molar-refractivity contribution in [3.8, 4) is 11.5 Å². The van der Waals surface area contributed by atoms with Crippen LogP contribution in [0.15, 0.2) is 53.4 Å². The molecule has 0 unspecified atom stereocenters. The number of rotatable bonds is 7. The molecular weight excluding hydrogens is 396 g/mol. The zero-order valence-corrected chi connectivity index (χ0v) is 18.1. The Labute approximate surface area is 182 Å². The molecule has 5 nitrogen and oxygen atoms in total. The molecule has 0 aliphatic carbocycles. The number of thioether (sulfide) groups is 1. The van der Waals surface area contributed by atoms with Gasteiger partial charge in [0.25, 0.3) is 0 Å². The maximum atomic E-state index is 12.2. The first-order chi connectivity index (χ1) is 14.7. The summed E-state index contributed by atoms with van der Waals surface area (Å²) >= 11 is 1.81. The Morgan fingerprint density at radius 3 is 2.80 bits per heavy atom. The van der Waals surface area contributed by atoms with Crippen LogP contribution in [0, 0.1) is 5.92 Å². The van der Waals surface area contributed by atoms with E-state index in [1.807, 2.05) is 36.0 Å². The molecule has 158 valence electrons. The molecule has 2 aromatic carbocycles. The number of ether oxygens (including phenoxy) is 2. The van der Waals surface area contributed by atoms with Gasteiger partial charge in [0.15, 0.2) is 11.5 Å². The van der Waals surface area contributed by atoms with Crippen molar-refractivity contribution in [1.29, 1.82) is 0 Å². The number of amides is 1. The van der Waals surface area contributed by atoms with Gasteiger partial charge in [-0.2, -0.15) is 0 Å². The smallest absolute Gasteiger partial charge is 0.244 e. The Morgan fingerprint density at radius 1 is 1.17 bits per heavy atom. The number of carbonyl (C=O) groups is 1. The van der Waals surface area contributed by atoms with E-state index in [0.29, 0.717) is 5.92 Å². The van der Waals surface area contributed by atoms with E-state index in [-0.39, 0.29) is 12.7 Å². The lowest BCUT2D eigenvalue weighted by Gasteiger charge is -2.32. The molecule has 4 rings (SSSR count). The van der Waals surface area contributed by atoms with Gasteiger partial charge in [0.05, 0.1) is 0 Å². The van der Waals surface area contributed by atoms with E-state index in [1.54, 1.807) is 6.08 Å². The highest BCUT2D eigenvalue weighted by Gasteiger charge is 2.20. The van der Waals surface area contributed by atoms with E-state index in [9.17, 15) is 4.79 Å². The fourth-order valence-corrected chi connectivity index (χ4v) is 4.53. The molecule has 0 atom stereocenters. The molecule has 0 aromatic heterocycles. The van der Waals surface area contributed by atoms with Gasteiger partial charge in [-0.3, -0.25) is 9.69 Å². The average Bonchev–Trinajstić information content (AvgIpc) is 3.25. The fourth-order valence-electron chi connectivity index (χ4n) is 3.92. The monoisotopic (exact) mass is 424 g/mol. The van der Waals surface area contributed by atoms with Gasteiger partial charge in [-0.1, -0.05) is 24.3 Å². The van der Waals surface area contributed by atoms with Crippen molar-refractivity contribution in [1.82, 2.24) is 10.2 Å². The molecular formula is C24H28N2O3S. The molecule has 1 N–H and O–H groups in total. The molecule has 0 spiro atoms. The molecule has 1 fully saturated rings. The van der Waals surface area contributed by atoms with Crippen LogP contribution in [0.5, 0.6) is 11.5 Å². The van der Waals surface area contributed by atoms with Crippen molar-refractivity contribution in [2.45, 2.75) is 24.3 Å². The van der Waals surface area contributed by atoms with Crippen LogP contribution in [0.1, 0.15) is 24.0 Å². The molecule has 0 radical (unpaired) electrons. The van der Waals surface area contributed by atoms with Gasteiger partial charge >= 0.3 is 0 Å². The third-order valence-corrected chi connectivity index (χ3v) is 6.52. The highest BCUT2D eigenvalue weighted by Crippen LogP contribution is 2.32. The van der Waals surface area contributed by atoms with Crippen LogP contribution < -0.4 is 14.8 Å². The molecule has 2 heterocycles. The second kappa shape index (κ2) is 10.0. The minimum atomic E-state index is -0.0519. The fraction of sp³-hybridized carbons (Fsp3) is 0.375. The van der Waals surface area contributed by atoms with E-state index in [4.69, 9.17) is 9.47 Å². The van der Waals surface area contributed by atoms with Gasteiger partial charge in [0.2, 0.25) is 12.7 Å². The highest BCUT2D eigenvalue weighted by molar-refractivity contribution is 7.98. The molecule has 1 saturated heterocycles. The molecule has 30 heavy (non-hydrogen) atoms. The van der Waals surface area contributed by atoms with Crippen molar-refractivity contribution in [3.05, 3.63) is 59.7 Å². The summed E-state index contributed by atoms with van der Waals surface area (Å²) in [6.07, 6.45) is 7.77. The molecule has 0 saturated carbocycles. The second-order valence-corrected chi connectivity index (χ2v) is 8.57. The first kappa shape index (κ1) is 20.8. The average molecular weight is 425 g/mol. The van der Waals surface area contributed by atoms with Crippen molar-refractivity contribution in [3.63, 3.8) is 0 Å². The maximum Gasteiger partial charge on any atom is 0.244 e. The molecule has 6 heteroatoms. The minimum Gasteiger partial charge on any atom is -0.454 e. The summed E-state index contributed by atoms with van der Waals surface area (Å²) in [5, 5.41) is 3.05. The molecule has 1 amide bonds. The number of hydrogen-bond donors (Lipinski definition) is 1. The zero-order chi connectivity index (χ0) is 20.8. The van der Waals surface area contributed by atoms with E-state index in [0.717, 1.165) is 56.1 Å². The third-order valence-electron chi connectivity index (χ3n) is 5.68. The predicted octanol–water partition coefficient (Wildman–Crippen LogP) is 4.18. The highest BCUT2D eigenvalue weighted by atomic mass is 32.2. The number of nitrogens with zero attached hydrogens (tertiary/aromatic N) is 1. The van der Waals surface area contributed by atoms with E-state index >= 15 is 0 Å². The number of carbonyl (C=O) groups excluding carboxylic acids is 1. The topological polar surface area (TPSA) is 50.8 Å². The van der Waals surface area contributed by atoms with Gasteiger partial charge in [-0.05, 0) is 73.5 Å². The summed E-state index contributed by atoms with van der Waals surface area (Å²) in [6.45, 7) is 4.16. The van der Waals surface area contributed by atoms with Crippen LogP contribution in [0.2, 0.25) is 0 Å². The quantitative estimate of drug-likeness (QED) is 0.534. The Kier molecular flexibility index (Phi) is 6.97. The minimum absolute atomic E-state index is 0.0519. The number of fused-ring (bicyclic) bond motifs is 1. The lowest BCUT2D eigenvalue weighted by atomic mass is 9.96.